The first-order valence-corrected chi connectivity index (χ1v) is 22.7. The molecule has 0 radical (unpaired) electrons. The van der Waals surface area contributed by atoms with Gasteiger partial charge in [-0.1, -0.05) is 51.1 Å². The van der Waals surface area contributed by atoms with Gasteiger partial charge in [-0.25, -0.2) is 14.6 Å². The second-order valence-electron chi connectivity index (χ2n) is 20.0. The van der Waals surface area contributed by atoms with Crippen LogP contribution in [-0.4, -0.2) is 92.9 Å². The number of nitrogens with one attached hydrogen (secondary N) is 5. The molecule has 68 heavy (non-hydrogen) atoms. The van der Waals surface area contributed by atoms with E-state index in [1.807, 2.05) is 50.9 Å². The Balaban J connectivity index is 1.14. The van der Waals surface area contributed by atoms with Crippen molar-refractivity contribution in [1.29, 1.82) is 0 Å². The summed E-state index contributed by atoms with van der Waals surface area (Å²) in [5.74, 6) is -8.43. The minimum atomic E-state index is -5.89. The van der Waals surface area contributed by atoms with Crippen LogP contribution < -0.4 is 21.3 Å². The number of anilines is 1. The number of aromatic amines is 1. The number of hydrogen-bond donors (Lipinski definition) is 6. The van der Waals surface area contributed by atoms with Crippen molar-refractivity contribution in [1.82, 2.24) is 30.8 Å². The first kappa shape index (κ1) is 51.1. The molecule has 5 amide bonds. The Morgan fingerprint density at radius 2 is 1.56 bits per heavy atom. The van der Waals surface area contributed by atoms with E-state index < -0.39 is 53.6 Å². The van der Waals surface area contributed by atoms with Crippen LogP contribution in [0.4, 0.5) is 37.2 Å². The van der Waals surface area contributed by atoms with Crippen molar-refractivity contribution in [3.8, 4) is 11.1 Å². The summed E-state index contributed by atoms with van der Waals surface area (Å²) in [5.41, 5.74) is 2.36. The minimum absolute atomic E-state index is 0.0286. The van der Waals surface area contributed by atoms with Crippen LogP contribution in [0.15, 0.2) is 60.7 Å². The van der Waals surface area contributed by atoms with E-state index in [-0.39, 0.29) is 58.4 Å². The smallest absolute Gasteiger partial charge is 0.461 e. The van der Waals surface area contributed by atoms with Crippen LogP contribution in [0, 0.1) is 24.2 Å². The van der Waals surface area contributed by atoms with Crippen molar-refractivity contribution >= 4 is 46.6 Å². The fraction of sp³-hybridized carbons (Fsp3) is 0.510. The fourth-order valence-electron chi connectivity index (χ4n) is 8.87. The van der Waals surface area contributed by atoms with Gasteiger partial charge in [-0.3, -0.25) is 14.4 Å². The van der Waals surface area contributed by atoms with E-state index in [9.17, 15) is 51.0 Å². The fourth-order valence-corrected chi connectivity index (χ4v) is 8.87. The number of ether oxygens (including phenoxy) is 1. The number of benzene rings is 3. The minimum Gasteiger partial charge on any atom is -0.465 e. The Bertz CT molecular complexity index is 2490. The number of aryl methyl sites for hydroxylation is 1. The topological polar surface area (TPSA) is 195 Å². The highest BCUT2D eigenvalue weighted by atomic mass is 19.4. The van der Waals surface area contributed by atoms with E-state index in [1.54, 1.807) is 45.0 Å². The monoisotopic (exact) mass is 953 g/mol. The standard InChI is InChI=1S/C49H60F5N7O7/c1-27-22-32(41(63)56-34-20-21-61(45(66)67)39(25-34)46(2,3)4)16-18-35(27)30-12-8-28(9-13-30)23-38(58-40(62)31-14-10-29(11-15-31)26-55-44(65)68-47(5,6)7)42(64)57-33-17-19-36-37(24-33)60-43(59-36)48(50,51)49(52,53)54/h8-9,12-13,16-19,22,24,29,31,34,38-39H,10-11,14-15,20-21,23,25-26H2,1-7H3,(H,55,65)(H,56,63)(H,57,64)(H,58,62)(H,59,60)(H,66,67)/t29?,31?,34?,38-,39?/m0/s1. The Hall–Kier alpha value is -6.27. The molecular weight excluding hydrogens is 894 g/mol. The van der Waals surface area contributed by atoms with Gasteiger partial charge in [0.1, 0.15) is 11.6 Å². The van der Waals surface area contributed by atoms with E-state index in [1.165, 1.54) is 23.1 Å². The van der Waals surface area contributed by atoms with E-state index in [4.69, 9.17) is 4.74 Å². The van der Waals surface area contributed by atoms with Crippen molar-refractivity contribution in [2.45, 2.75) is 129 Å². The number of amides is 5. The molecule has 6 rings (SSSR count). The van der Waals surface area contributed by atoms with Gasteiger partial charge >= 0.3 is 24.3 Å². The summed E-state index contributed by atoms with van der Waals surface area (Å²) in [6.07, 6.45) is -4.08. The third-order valence-electron chi connectivity index (χ3n) is 12.6. The molecule has 2 unspecified atom stereocenters. The number of alkyl halides is 5. The SMILES string of the molecule is Cc1cc(C(=O)NC2CCN(C(=O)O)C(C(C)(C)C)C2)ccc1-c1ccc(C[C@H](NC(=O)C2CCC(CNC(=O)OC(C)(C)C)CC2)C(=O)Nc2ccc3nc(C(F)(F)C(F)(F)F)[nH]c3c2)cc1. The maximum Gasteiger partial charge on any atom is 0.461 e. The van der Waals surface area contributed by atoms with Crippen molar-refractivity contribution in [2.24, 2.45) is 17.3 Å². The molecule has 14 nitrogen and oxygen atoms in total. The predicted octanol–water partition coefficient (Wildman–Crippen LogP) is 9.48. The molecule has 1 aliphatic carbocycles. The molecule has 1 saturated heterocycles. The zero-order chi connectivity index (χ0) is 49.9. The number of nitrogens with zero attached hydrogens (tertiary/aromatic N) is 2. The zero-order valence-electron chi connectivity index (χ0n) is 39.2. The summed E-state index contributed by atoms with van der Waals surface area (Å²) in [4.78, 5) is 72.1. The number of likely N-dealkylation sites (tertiary alicyclic amines) is 1. The van der Waals surface area contributed by atoms with Crippen LogP contribution in [0.5, 0.6) is 0 Å². The zero-order valence-corrected chi connectivity index (χ0v) is 39.2. The van der Waals surface area contributed by atoms with E-state index >= 15 is 0 Å². The average molecular weight is 954 g/mol. The number of hydrogen-bond acceptors (Lipinski definition) is 7. The van der Waals surface area contributed by atoms with Gasteiger partial charge in [-0.2, -0.15) is 22.0 Å². The highest BCUT2D eigenvalue weighted by Gasteiger charge is 2.61. The molecule has 1 aliphatic heterocycles. The summed E-state index contributed by atoms with van der Waals surface area (Å²) in [7, 11) is 0. The van der Waals surface area contributed by atoms with E-state index in [0.717, 1.165) is 16.7 Å². The van der Waals surface area contributed by atoms with Gasteiger partial charge in [0.05, 0.1) is 11.0 Å². The number of rotatable bonds is 12. The number of alkyl carbamates (subject to hydrolysis) is 1. The number of carbonyl (C=O) groups excluding carboxylic acids is 4. The number of imidazole rings is 1. The largest absolute Gasteiger partial charge is 0.465 e. The molecular formula is C49H60F5N7O7. The maximum atomic E-state index is 14.1. The third kappa shape index (κ3) is 12.6. The first-order chi connectivity index (χ1) is 31.7. The molecule has 2 fully saturated rings. The molecule has 4 aromatic rings. The molecule has 3 aromatic carbocycles. The second kappa shape index (κ2) is 20.1. The first-order valence-electron chi connectivity index (χ1n) is 22.7. The second-order valence-corrected chi connectivity index (χ2v) is 20.0. The third-order valence-corrected chi connectivity index (χ3v) is 12.6. The van der Waals surface area contributed by atoms with Crippen LogP contribution in [0.2, 0.25) is 0 Å². The molecule has 19 heteroatoms. The Kier molecular flexibility index (Phi) is 15.1. The van der Waals surface area contributed by atoms with Gasteiger partial charge in [0, 0.05) is 48.8 Å². The van der Waals surface area contributed by atoms with Crippen LogP contribution in [0.25, 0.3) is 22.2 Å². The average Bonchev–Trinajstić information content (AvgIpc) is 3.69. The predicted molar refractivity (Wildman–Crippen MR) is 245 cm³/mol. The van der Waals surface area contributed by atoms with Crippen LogP contribution >= 0.6 is 0 Å². The number of fused-ring (bicyclic) bond motifs is 1. The lowest BCUT2D eigenvalue weighted by molar-refractivity contribution is -0.292. The molecule has 3 atom stereocenters. The van der Waals surface area contributed by atoms with Gasteiger partial charge in [-0.15, -0.1) is 0 Å². The number of halogens is 5. The lowest BCUT2D eigenvalue weighted by Gasteiger charge is -2.44. The molecule has 1 saturated carbocycles. The number of aromatic nitrogens is 2. The summed E-state index contributed by atoms with van der Waals surface area (Å²) < 4.78 is 72.8. The van der Waals surface area contributed by atoms with Gasteiger partial charge in [-0.05, 0) is 130 Å². The van der Waals surface area contributed by atoms with Crippen molar-refractivity contribution in [3.63, 3.8) is 0 Å². The Morgan fingerprint density at radius 1 is 0.882 bits per heavy atom. The Labute approximate surface area is 391 Å². The molecule has 6 N–H and O–H groups in total. The summed E-state index contributed by atoms with van der Waals surface area (Å²) >= 11 is 0. The van der Waals surface area contributed by atoms with E-state index in [2.05, 4.69) is 26.3 Å². The molecule has 0 spiro atoms. The van der Waals surface area contributed by atoms with E-state index in [0.29, 0.717) is 62.7 Å². The highest BCUT2D eigenvalue weighted by molar-refractivity contribution is 5.99. The Morgan fingerprint density at radius 3 is 2.16 bits per heavy atom. The number of piperidine rings is 1. The molecule has 368 valence electrons. The molecule has 2 aliphatic rings. The van der Waals surface area contributed by atoms with Crippen molar-refractivity contribution < 1.29 is 55.8 Å². The quantitative estimate of drug-likeness (QED) is 0.0756. The highest BCUT2D eigenvalue weighted by Crippen LogP contribution is 2.43. The molecule has 0 bridgehead atoms. The van der Waals surface area contributed by atoms with Gasteiger partial charge in [0.2, 0.25) is 11.8 Å². The summed E-state index contributed by atoms with van der Waals surface area (Å²) in [6, 6.07) is 14.7. The van der Waals surface area contributed by atoms with Gasteiger partial charge < -0.3 is 41.0 Å². The lowest BCUT2D eigenvalue weighted by Crippen LogP contribution is -2.56. The normalized spacial score (nSPS) is 19.7. The number of carbonyl (C=O) groups is 5. The number of carboxylic acid groups (broad SMARTS) is 1. The molecule has 1 aromatic heterocycles. The van der Waals surface area contributed by atoms with Crippen LogP contribution in [0.1, 0.15) is 107 Å². The van der Waals surface area contributed by atoms with Gasteiger partial charge in [0.15, 0.2) is 5.82 Å². The summed E-state index contributed by atoms with van der Waals surface area (Å²) in [5, 5.41) is 21.2. The van der Waals surface area contributed by atoms with Gasteiger partial charge in [0.25, 0.3) is 5.91 Å². The molecule has 2 heterocycles. The van der Waals surface area contributed by atoms with Crippen LogP contribution in [-0.2, 0) is 26.7 Å². The maximum absolute atomic E-state index is 14.1. The van der Waals surface area contributed by atoms with Crippen molar-refractivity contribution in [3.05, 3.63) is 83.2 Å². The van der Waals surface area contributed by atoms with Crippen LogP contribution in [0.3, 0.4) is 0 Å². The number of H-pyrrole nitrogens is 1. The van der Waals surface area contributed by atoms with Crippen molar-refractivity contribution in [2.75, 3.05) is 18.4 Å². The summed E-state index contributed by atoms with van der Waals surface area (Å²) in [6.45, 7) is 13.8. The lowest BCUT2D eigenvalue weighted by atomic mass is 9.79.